The number of anilines is 1. The third kappa shape index (κ3) is 9.84. The van der Waals surface area contributed by atoms with Gasteiger partial charge in [-0.2, -0.15) is 5.10 Å². The van der Waals surface area contributed by atoms with Gasteiger partial charge < -0.3 is 24.9 Å². The van der Waals surface area contributed by atoms with Gasteiger partial charge in [0.25, 0.3) is 0 Å². The Morgan fingerprint density at radius 3 is 2.39 bits per heavy atom. The number of aromatic nitrogens is 3. The zero-order valence-electron chi connectivity index (χ0n) is 42.4. The number of benzene rings is 3. The minimum atomic E-state index is -0.454. The van der Waals surface area contributed by atoms with E-state index in [1.54, 1.807) is 0 Å². The van der Waals surface area contributed by atoms with Crippen LogP contribution in [-0.2, 0) is 32.1 Å². The summed E-state index contributed by atoms with van der Waals surface area (Å²) in [6.45, 7) is 17.1. The van der Waals surface area contributed by atoms with E-state index in [4.69, 9.17) is 19.9 Å². The van der Waals surface area contributed by atoms with E-state index in [-0.39, 0.29) is 11.2 Å². The van der Waals surface area contributed by atoms with E-state index >= 15 is 0 Å². The molecule has 0 aliphatic heterocycles. The molecule has 3 heterocycles. The van der Waals surface area contributed by atoms with Gasteiger partial charge in [-0.3, -0.25) is 14.9 Å². The highest BCUT2D eigenvalue weighted by atomic mass is 127. The number of furan rings is 1. The largest absolute Gasteiger partial charge is 0.490 e. The van der Waals surface area contributed by atoms with E-state index < -0.39 is 5.60 Å². The summed E-state index contributed by atoms with van der Waals surface area (Å²) < 4.78 is 14.1. The molecule has 3 aromatic heterocycles. The fourth-order valence-corrected chi connectivity index (χ4v) is 15.8. The van der Waals surface area contributed by atoms with Crippen molar-refractivity contribution in [2.45, 2.75) is 143 Å². The summed E-state index contributed by atoms with van der Waals surface area (Å²) in [4.78, 5) is 20.6. The molecular formula is C59H75I2N5O4. The fourth-order valence-electron chi connectivity index (χ4n) is 13.8. The van der Waals surface area contributed by atoms with Crippen LogP contribution in [0.3, 0.4) is 0 Å². The van der Waals surface area contributed by atoms with Crippen LogP contribution in [0.2, 0.25) is 0 Å². The molecule has 5 aliphatic rings. The summed E-state index contributed by atoms with van der Waals surface area (Å²) in [6.07, 6.45) is 19.5. The molecule has 11 rings (SSSR count). The van der Waals surface area contributed by atoms with E-state index in [2.05, 4.69) is 114 Å². The van der Waals surface area contributed by atoms with Gasteiger partial charge >= 0.3 is 0 Å². The van der Waals surface area contributed by atoms with Crippen molar-refractivity contribution in [2.24, 2.45) is 34.5 Å². The van der Waals surface area contributed by atoms with Crippen LogP contribution < -0.4 is 10.5 Å². The fraction of sp³-hybridized carbons (Fsp3) is 0.542. The van der Waals surface area contributed by atoms with Crippen LogP contribution in [-0.4, -0.2) is 62.8 Å². The maximum absolute atomic E-state index is 13.6. The number of para-hydroxylation sites is 2. The Morgan fingerprint density at radius 1 is 0.914 bits per heavy atom. The molecule has 3 fully saturated rings. The first kappa shape index (κ1) is 51.4. The molecule has 3 saturated carbocycles. The molecule has 5 aliphatic carbocycles. The summed E-state index contributed by atoms with van der Waals surface area (Å²) in [5.74, 6) is 4.86. The quantitative estimate of drug-likeness (QED) is 0.0864. The molecule has 70 heavy (non-hydrogen) atoms. The second-order valence-corrected chi connectivity index (χ2v) is 24.1. The minimum Gasteiger partial charge on any atom is -0.490 e. The number of fused-ring (bicyclic) bond motifs is 9. The predicted octanol–water partition coefficient (Wildman–Crippen LogP) is 13.8. The Balaban J connectivity index is 0.000000138. The summed E-state index contributed by atoms with van der Waals surface area (Å²) in [6, 6.07) is 19.8. The Bertz CT molecular complexity index is 2790. The molecule has 0 unspecified atom stereocenters. The zero-order valence-corrected chi connectivity index (χ0v) is 46.8. The number of ether oxygens (including phenoxy) is 1. The highest BCUT2D eigenvalue weighted by molar-refractivity contribution is 14.1. The third-order valence-electron chi connectivity index (χ3n) is 18.1. The van der Waals surface area contributed by atoms with Crippen LogP contribution in [0.1, 0.15) is 150 Å². The van der Waals surface area contributed by atoms with Gasteiger partial charge in [0.05, 0.1) is 29.5 Å². The minimum absolute atomic E-state index is 0.0153. The highest BCUT2D eigenvalue weighted by Gasteiger charge is 2.63. The first-order valence-corrected chi connectivity index (χ1v) is 28.7. The molecule has 0 saturated heterocycles. The third-order valence-corrected chi connectivity index (χ3v) is 19.7. The van der Waals surface area contributed by atoms with Gasteiger partial charge in [0.2, 0.25) is 0 Å². The van der Waals surface area contributed by atoms with E-state index in [0.29, 0.717) is 23.1 Å². The Kier molecular flexibility index (Phi) is 15.8. The molecule has 0 spiro atoms. The lowest BCUT2D eigenvalue weighted by Crippen LogP contribution is -2.56. The van der Waals surface area contributed by atoms with Crippen molar-refractivity contribution in [1.29, 1.82) is 0 Å². The molecular weight excluding hydrogens is 1100 g/mol. The molecule has 4 N–H and O–H groups in total. The smallest absolute Gasteiger partial charge is 0.197 e. The zero-order chi connectivity index (χ0) is 49.4. The average molecular weight is 1170 g/mol. The highest BCUT2D eigenvalue weighted by Crippen LogP contribution is 2.67. The van der Waals surface area contributed by atoms with Crippen LogP contribution in [0.4, 0.5) is 5.69 Å². The predicted molar refractivity (Wildman–Crippen MR) is 301 cm³/mol. The van der Waals surface area contributed by atoms with Crippen LogP contribution >= 0.6 is 45.2 Å². The number of ketones is 1. The number of hydrogen-bond acceptors (Lipinski definition) is 8. The van der Waals surface area contributed by atoms with Crippen LogP contribution in [0.15, 0.2) is 71.3 Å². The van der Waals surface area contributed by atoms with Gasteiger partial charge in [-0.1, -0.05) is 77.4 Å². The topological polar surface area (TPSA) is 130 Å². The monoisotopic (exact) mass is 1170 g/mol. The summed E-state index contributed by atoms with van der Waals surface area (Å²) in [5, 5.41) is 20.6. The lowest BCUT2D eigenvalue weighted by atomic mass is 9.44. The molecule has 6 aromatic rings. The standard InChI is InChI=1S/C25H29I2NO3.C21H32N2O.C13H14N2/c1-4-7-11-22-23(18-10-8-9-12-21(18)31-22)24(29)17-15-19(26)25(20(27)16-17)30-14-13-28(5-2)6-3;1-19-11-13-12-22-23-18(13)10-14(19)4-5-15-16(19)6-8-20(2)17(15)7-9-21(20,3)24;14-13-9-5-1-3-7-11(9)15-12-8-4-2-6-10(12)13/h8-10,12,15-16H,4-7,11,13-14H2,1-3H3;12,14-17,24H,4-11H2,1-3H3,(H,22,23);1,3,5,7H,2,4,6,8H2,(H2,14,15)/t;14-,15+,16-,17-,19-,20-,21-;/m.0./s1. The molecule has 7 atom stereocenters. The number of pyridine rings is 1. The number of rotatable bonds is 11. The number of aryl methyl sites for hydroxylation is 2. The molecule has 9 nitrogen and oxygen atoms in total. The van der Waals surface area contributed by atoms with Crippen molar-refractivity contribution in [2.75, 3.05) is 32.0 Å². The second-order valence-electron chi connectivity index (χ2n) is 21.8. The van der Waals surface area contributed by atoms with E-state index in [9.17, 15) is 9.90 Å². The Morgan fingerprint density at radius 2 is 1.63 bits per heavy atom. The maximum atomic E-state index is 13.6. The van der Waals surface area contributed by atoms with Crippen molar-refractivity contribution >= 4 is 78.5 Å². The van der Waals surface area contributed by atoms with E-state index in [1.165, 1.54) is 80.3 Å². The lowest BCUT2D eigenvalue weighted by molar-refractivity contribution is -0.139. The molecule has 374 valence electrons. The molecule has 0 amide bonds. The lowest BCUT2D eigenvalue weighted by Gasteiger charge is -2.60. The van der Waals surface area contributed by atoms with Gasteiger partial charge in [0.1, 0.15) is 23.7 Å². The van der Waals surface area contributed by atoms with Crippen LogP contribution in [0, 0.1) is 41.6 Å². The first-order valence-electron chi connectivity index (χ1n) is 26.5. The normalized spacial score (nSPS) is 26.5. The number of halogens is 2. The number of hydrogen-bond donors (Lipinski definition) is 3. The number of unbranched alkanes of at least 4 members (excludes halogenated alkanes) is 1. The number of nitrogens with two attached hydrogens (primary N) is 1. The van der Waals surface area contributed by atoms with Crippen molar-refractivity contribution in [3.8, 4) is 5.75 Å². The summed E-state index contributed by atoms with van der Waals surface area (Å²) >= 11 is 4.54. The SMILES string of the molecule is CCCCc1oc2ccccc2c1C(=O)c1cc(I)c(OCCN(CC)CC)c(I)c1.C[C@]12Cc3c[nH]nc3C[C@@H]1CC[C@@H]1[C@@H]2CC[C@@]2(C)[C@H]1CC[C@]2(C)O.Nc1c2c(nc3ccccc13)CCCC2. The van der Waals surface area contributed by atoms with Gasteiger partial charge in [-0.25, -0.2) is 0 Å². The van der Waals surface area contributed by atoms with Crippen LogP contribution in [0.5, 0.6) is 5.75 Å². The number of likely N-dealkylation sites (N-methyl/N-ethyl adjacent to an activating group) is 1. The molecule has 0 radical (unpaired) electrons. The van der Waals surface area contributed by atoms with Gasteiger partial charge in [0.15, 0.2) is 5.78 Å². The molecule has 0 bridgehead atoms. The summed E-state index contributed by atoms with van der Waals surface area (Å²) in [5.41, 5.74) is 15.8. The first-order chi connectivity index (χ1) is 33.7. The van der Waals surface area contributed by atoms with Crippen LogP contribution in [0.25, 0.3) is 21.9 Å². The number of nitrogens with zero attached hydrogens (tertiary/aromatic N) is 3. The Labute approximate surface area is 443 Å². The number of H-pyrrole nitrogens is 1. The van der Waals surface area contributed by atoms with Gasteiger partial charge in [0, 0.05) is 46.9 Å². The van der Waals surface area contributed by atoms with Crippen molar-refractivity contribution in [3.05, 3.63) is 113 Å². The van der Waals surface area contributed by atoms with Gasteiger partial charge in [-0.15, -0.1) is 0 Å². The number of nitrogens with one attached hydrogen (secondary N) is 1. The number of carbonyl (C=O) groups excluding carboxylic acids is 1. The number of nitrogen functional groups attached to an aromatic ring is 1. The van der Waals surface area contributed by atoms with E-state index in [1.807, 2.05) is 54.6 Å². The number of aliphatic hydroxyl groups is 1. The maximum Gasteiger partial charge on any atom is 0.197 e. The average Bonchev–Trinajstić information content (AvgIpc) is 4.04. The van der Waals surface area contributed by atoms with Gasteiger partial charge in [-0.05, 0) is 219 Å². The van der Waals surface area contributed by atoms with Crippen molar-refractivity contribution < 1.29 is 19.1 Å². The van der Waals surface area contributed by atoms with Crippen molar-refractivity contribution in [3.63, 3.8) is 0 Å². The van der Waals surface area contributed by atoms with Crippen molar-refractivity contribution in [1.82, 2.24) is 20.1 Å². The summed E-state index contributed by atoms with van der Waals surface area (Å²) in [7, 11) is 0. The number of carbonyl (C=O) groups is 1. The second kappa shape index (κ2) is 21.5. The Hall–Kier alpha value is -3.53. The number of aromatic amines is 1. The van der Waals surface area contributed by atoms with E-state index in [0.717, 1.165) is 128 Å². The molecule has 11 heteroatoms. The molecule has 3 aromatic carbocycles.